The zero-order chi connectivity index (χ0) is 14.0. The lowest BCUT2D eigenvalue weighted by Gasteiger charge is -2.12. The van der Waals surface area contributed by atoms with Crippen LogP contribution in [-0.2, 0) is 7.05 Å². The number of aromatic nitrogens is 3. The molecule has 19 heavy (non-hydrogen) atoms. The Balaban J connectivity index is 2.21. The lowest BCUT2D eigenvalue weighted by Crippen LogP contribution is -2.07. The second-order valence-electron chi connectivity index (χ2n) is 4.10. The van der Waals surface area contributed by atoms with Crippen LogP contribution in [-0.4, -0.2) is 19.7 Å². The predicted octanol–water partition coefficient (Wildman–Crippen LogP) is 2.55. The van der Waals surface area contributed by atoms with Crippen molar-refractivity contribution in [2.75, 3.05) is 5.32 Å². The maximum Gasteiger partial charge on any atom is 0.276 e. The van der Waals surface area contributed by atoms with Crippen molar-refractivity contribution in [2.45, 2.75) is 13.0 Å². The van der Waals surface area contributed by atoms with Crippen molar-refractivity contribution in [1.29, 1.82) is 0 Å². The van der Waals surface area contributed by atoms with Crippen LogP contribution in [0.25, 0.3) is 0 Å². The molecule has 0 aliphatic rings. The van der Waals surface area contributed by atoms with Gasteiger partial charge in [0.05, 0.1) is 29.3 Å². The Morgan fingerprint density at radius 2 is 2.26 bits per heavy atom. The van der Waals surface area contributed by atoms with E-state index in [-0.39, 0.29) is 16.9 Å². The van der Waals surface area contributed by atoms with Crippen LogP contribution in [0.15, 0.2) is 24.5 Å². The summed E-state index contributed by atoms with van der Waals surface area (Å²) in [4.78, 5) is 14.2. The van der Waals surface area contributed by atoms with Crippen LogP contribution in [0, 0.1) is 10.1 Å². The number of nitrogens with one attached hydrogen (secondary N) is 1. The molecule has 8 heteroatoms. The summed E-state index contributed by atoms with van der Waals surface area (Å²) in [6, 6.07) is 2.47. The van der Waals surface area contributed by atoms with E-state index in [4.69, 9.17) is 11.6 Å². The van der Waals surface area contributed by atoms with Crippen molar-refractivity contribution in [3.05, 3.63) is 45.4 Å². The quantitative estimate of drug-likeness (QED) is 0.529. The van der Waals surface area contributed by atoms with Gasteiger partial charge in [0.15, 0.2) is 0 Å². The molecular formula is C11H12ClN5O2. The molecule has 100 valence electrons. The molecule has 1 unspecified atom stereocenters. The Kier molecular flexibility index (Phi) is 3.66. The third-order valence-electron chi connectivity index (χ3n) is 2.58. The lowest BCUT2D eigenvalue weighted by molar-refractivity contribution is -0.384. The molecular weight excluding hydrogens is 270 g/mol. The maximum absolute atomic E-state index is 10.7. The van der Waals surface area contributed by atoms with Gasteiger partial charge in [-0.25, -0.2) is 4.98 Å². The predicted molar refractivity (Wildman–Crippen MR) is 71.1 cm³/mol. The number of hydrogen-bond donors (Lipinski definition) is 1. The van der Waals surface area contributed by atoms with Crippen molar-refractivity contribution in [3.63, 3.8) is 0 Å². The number of aryl methyl sites for hydroxylation is 1. The Labute approximate surface area is 114 Å². The van der Waals surface area contributed by atoms with E-state index in [1.807, 2.05) is 20.2 Å². The molecule has 0 bridgehead atoms. The van der Waals surface area contributed by atoms with Gasteiger partial charge in [0, 0.05) is 18.8 Å². The van der Waals surface area contributed by atoms with Crippen LogP contribution in [0.4, 0.5) is 11.5 Å². The molecule has 2 aromatic rings. The van der Waals surface area contributed by atoms with E-state index in [1.165, 1.54) is 12.1 Å². The number of halogens is 1. The summed E-state index contributed by atoms with van der Waals surface area (Å²) in [6.07, 6.45) is 3.58. The number of anilines is 1. The van der Waals surface area contributed by atoms with Gasteiger partial charge >= 0.3 is 0 Å². The Hall–Kier alpha value is -2.15. The van der Waals surface area contributed by atoms with Gasteiger partial charge in [-0.3, -0.25) is 14.8 Å². The van der Waals surface area contributed by atoms with Crippen LogP contribution in [0.5, 0.6) is 0 Å². The van der Waals surface area contributed by atoms with Crippen molar-refractivity contribution >= 4 is 23.1 Å². The molecule has 0 radical (unpaired) electrons. The molecule has 0 amide bonds. The first-order valence-corrected chi connectivity index (χ1v) is 5.90. The molecule has 0 aliphatic heterocycles. The molecule has 0 saturated carbocycles. The zero-order valence-electron chi connectivity index (χ0n) is 10.4. The van der Waals surface area contributed by atoms with E-state index in [0.29, 0.717) is 5.82 Å². The average Bonchev–Trinajstić information content (AvgIpc) is 2.75. The SMILES string of the molecule is CC(Nc1cc([N+](=O)[O-])cc(Cl)n1)c1cnn(C)c1. The van der Waals surface area contributed by atoms with E-state index in [1.54, 1.807) is 10.9 Å². The van der Waals surface area contributed by atoms with E-state index in [0.717, 1.165) is 5.56 Å². The summed E-state index contributed by atoms with van der Waals surface area (Å²) >= 11 is 5.76. The maximum atomic E-state index is 10.7. The first-order chi connectivity index (χ1) is 8.95. The normalized spacial score (nSPS) is 12.2. The molecule has 0 fully saturated rings. The first kappa shape index (κ1) is 13.3. The zero-order valence-corrected chi connectivity index (χ0v) is 11.1. The summed E-state index contributed by atoms with van der Waals surface area (Å²) in [5, 5.41) is 17.9. The summed E-state index contributed by atoms with van der Waals surface area (Å²) in [7, 11) is 1.82. The van der Waals surface area contributed by atoms with Crippen molar-refractivity contribution in [3.8, 4) is 0 Å². The minimum atomic E-state index is -0.506. The minimum Gasteiger partial charge on any atom is -0.363 e. The molecule has 2 aromatic heterocycles. The largest absolute Gasteiger partial charge is 0.363 e. The van der Waals surface area contributed by atoms with E-state index in [2.05, 4.69) is 15.4 Å². The second-order valence-corrected chi connectivity index (χ2v) is 4.49. The summed E-state index contributed by atoms with van der Waals surface area (Å²) in [5.41, 5.74) is 0.854. The number of hydrogen-bond acceptors (Lipinski definition) is 5. The van der Waals surface area contributed by atoms with Crippen molar-refractivity contribution < 1.29 is 4.92 Å². The lowest BCUT2D eigenvalue weighted by atomic mass is 10.2. The molecule has 0 spiro atoms. The Morgan fingerprint density at radius 3 is 2.84 bits per heavy atom. The fourth-order valence-corrected chi connectivity index (χ4v) is 1.83. The highest BCUT2D eigenvalue weighted by atomic mass is 35.5. The van der Waals surface area contributed by atoms with Crippen LogP contribution in [0.2, 0.25) is 5.15 Å². The average molecular weight is 282 g/mol. The molecule has 0 saturated heterocycles. The molecule has 2 rings (SSSR count). The van der Waals surface area contributed by atoms with Gasteiger partial charge in [-0.1, -0.05) is 11.6 Å². The van der Waals surface area contributed by atoms with Gasteiger partial charge in [-0.15, -0.1) is 0 Å². The summed E-state index contributed by atoms with van der Waals surface area (Å²) in [5.74, 6) is 0.357. The molecule has 0 aromatic carbocycles. The molecule has 1 N–H and O–H groups in total. The molecule has 7 nitrogen and oxygen atoms in total. The highest BCUT2D eigenvalue weighted by Gasteiger charge is 2.13. The van der Waals surface area contributed by atoms with Gasteiger partial charge < -0.3 is 5.32 Å². The topological polar surface area (TPSA) is 85.9 Å². The van der Waals surface area contributed by atoms with Crippen LogP contribution >= 0.6 is 11.6 Å². The highest BCUT2D eigenvalue weighted by Crippen LogP contribution is 2.23. The Morgan fingerprint density at radius 1 is 1.53 bits per heavy atom. The standard InChI is InChI=1S/C11H12ClN5O2/c1-7(8-5-13-16(2)6-8)14-11-4-9(17(18)19)3-10(12)15-11/h3-7H,1-2H3,(H,14,15). The van der Waals surface area contributed by atoms with Crippen LogP contribution < -0.4 is 5.32 Å². The second kappa shape index (κ2) is 5.23. The third-order valence-corrected chi connectivity index (χ3v) is 2.77. The highest BCUT2D eigenvalue weighted by molar-refractivity contribution is 6.29. The number of nitrogens with zero attached hydrogens (tertiary/aromatic N) is 4. The van der Waals surface area contributed by atoms with E-state index < -0.39 is 4.92 Å². The summed E-state index contributed by atoms with van der Waals surface area (Å²) < 4.78 is 1.68. The van der Waals surface area contributed by atoms with Gasteiger partial charge in [-0.05, 0) is 6.92 Å². The molecule has 2 heterocycles. The van der Waals surface area contributed by atoms with Crippen LogP contribution in [0.1, 0.15) is 18.5 Å². The van der Waals surface area contributed by atoms with Crippen molar-refractivity contribution in [2.24, 2.45) is 7.05 Å². The summed E-state index contributed by atoms with van der Waals surface area (Å²) in [6.45, 7) is 1.91. The van der Waals surface area contributed by atoms with Crippen molar-refractivity contribution in [1.82, 2.24) is 14.8 Å². The van der Waals surface area contributed by atoms with Gasteiger partial charge in [0.1, 0.15) is 11.0 Å². The van der Waals surface area contributed by atoms with Crippen LogP contribution in [0.3, 0.4) is 0 Å². The molecule has 0 aliphatic carbocycles. The van der Waals surface area contributed by atoms with Gasteiger partial charge in [-0.2, -0.15) is 5.10 Å². The minimum absolute atomic E-state index is 0.0788. The Bertz CT molecular complexity index is 613. The fourth-order valence-electron chi connectivity index (χ4n) is 1.63. The number of pyridine rings is 1. The first-order valence-electron chi connectivity index (χ1n) is 5.53. The van der Waals surface area contributed by atoms with Gasteiger partial charge in [0.25, 0.3) is 5.69 Å². The smallest absolute Gasteiger partial charge is 0.276 e. The number of nitro groups is 1. The van der Waals surface area contributed by atoms with Gasteiger partial charge in [0.2, 0.25) is 0 Å². The monoisotopic (exact) mass is 281 g/mol. The fraction of sp³-hybridized carbons (Fsp3) is 0.273. The third kappa shape index (κ3) is 3.19. The molecule has 1 atom stereocenters. The number of rotatable bonds is 4. The van der Waals surface area contributed by atoms with E-state index in [9.17, 15) is 10.1 Å². The van der Waals surface area contributed by atoms with E-state index >= 15 is 0 Å².